The SMILES string of the molecule is Cc1nc(N(N)Cc2ccccc2)sc1C(=O)O. The average molecular weight is 263 g/mol. The highest BCUT2D eigenvalue weighted by Gasteiger charge is 2.16. The van der Waals surface area contributed by atoms with E-state index in [9.17, 15) is 4.79 Å². The molecule has 0 aliphatic heterocycles. The smallest absolute Gasteiger partial charge is 0.347 e. The van der Waals surface area contributed by atoms with Gasteiger partial charge >= 0.3 is 5.97 Å². The van der Waals surface area contributed by atoms with E-state index in [1.807, 2.05) is 30.3 Å². The number of hydrogen-bond donors (Lipinski definition) is 2. The zero-order valence-electron chi connectivity index (χ0n) is 9.83. The molecule has 0 radical (unpaired) electrons. The lowest BCUT2D eigenvalue weighted by atomic mass is 10.2. The number of benzene rings is 1. The summed E-state index contributed by atoms with van der Waals surface area (Å²) in [7, 11) is 0. The highest BCUT2D eigenvalue weighted by atomic mass is 32.1. The summed E-state index contributed by atoms with van der Waals surface area (Å²) in [6, 6.07) is 9.70. The van der Waals surface area contributed by atoms with Crippen LogP contribution >= 0.6 is 11.3 Å². The van der Waals surface area contributed by atoms with Crippen LogP contribution in [0.25, 0.3) is 0 Å². The summed E-state index contributed by atoms with van der Waals surface area (Å²) in [4.78, 5) is 15.3. The number of nitrogens with two attached hydrogens (primary N) is 1. The molecule has 0 bridgehead atoms. The van der Waals surface area contributed by atoms with E-state index in [4.69, 9.17) is 10.9 Å². The Balaban J connectivity index is 2.17. The number of hydrazine groups is 1. The Morgan fingerprint density at radius 3 is 2.67 bits per heavy atom. The summed E-state index contributed by atoms with van der Waals surface area (Å²) in [5, 5.41) is 10.9. The first-order valence-electron chi connectivity index (χ1n) is 5.35. The van der Waals surface area contributed by atoms with Crippen LogP contribution in [0.4, 0.5) is 5.13 Å². The number of hydrogen-bond acceptors (Lipinski definition) is 5. The lowest BCUT2D eigenvalue weighted by Crippen LogP contribution is -2.29. The van der Waals surface area contributed by atoms with Gasteiger partial charge in [0.1, 0.15) is 4.88 Å². The third kappa shape index (κ3) is 2.66. The molecule has 1 heterocycles. The van der Waals surface area contributed by atoms with Gasteiger partial charge in [-0.15, -0.1) is 0 Å². The second-order valence-corrected chi connectivity index (χ2v) is 4.81. The molecule has 0 atom stereocenters. The van der Waals surface area contributed by atoms with Crippen molar-refractivity contribution in [3.8, 4) is 0 Å². The van der Waals surface area contributed by atoms with Crippen LogP contribution in [0.5, 0.6) is 0 Å². The average Bonchev–Trinajstić information content (AvgIpc) is 2.73. The van der Waals surface area contributed by atoms with E-state index in [0.717, 1.165) is 16.9 Å². The van der Waals surface area contributed by atoms with Crippen molar-refractivity contribution in [2.45, 2.75) is 13.5 Å². The van der Waals surface area contributed by atoms with Gasteiger partial charge in [0.25, 0.3) is 0 Å². The van der Waals surface area contributed by atoms with E-state index in [2.05, 4.69) is 4.98 Å². The Morgan fingerprint density at radius 1 is 1.44 bits per heavy atom. The van der Waals surface area contributed by atoms with Gasteiger partial charge < -0.3 is 5.11 Å². The van der Waals surface area contributed by atoms with E-state index >= 15 is 0 Å². The number of carboxylic acids is 1. The standard InChI is InChI=1S/C12H13N3O2S/c1-8-10(11(16)17)18-12(14-8)15(13)7-9-5-3-2-4-6-9/h2-6H,7,13H2,1H3,(H,16,17). The fourth-order valence-electron chi connectivity index (χ4n) is 1.55. The number of thiazole rings is 1. The number of carboxylic acid groups (broad SMARTS) is 1. The van der Waals surface area contributed by atoms with Crippen LogP contribution in [0.2, 0.25) is 0 Å². The number of carbonyl (C=O) groups is 1. The predicted octanol–water partition coefficient (Wildman–Crippen LogP) is 2.03. The van der Waals surface area contributed by atoms with Crippen LogP contribution in [0.1, 0.15) is 20.9 Å². The number of nitrogens with zero attached hydrogens (tertiary/aromatic N) is 2. The van der Waals surface area contributed by atoms with Crippen LogP contribution in [0.15, 0.2) is 30.3 Å². The van der Waals surface area contributed by atoms with E-state index in [1.165, 1.54) is 5.01 Å². The van der Waals surface area contributed by atoms with E-state index < -0.39 is 5.97 Å². The summed E-state index contributed by atoms with van der Waals surface area (Å²) >= 11 is 1.09. The van der Waals surface area contributed by atoms with Crippen LogP contribution in [-0.4, -0.2) is 16.1 Å². The maximum absolute atomic E-state index is 10.9. The minimum atomic E-state index is -0.968. The van der Waals surface area contributed by atoms with Crippen LogP contribution < -0.4 is 10.9 Å². The molecule has 0 saturated heterocycles. The molecule has 2 rings (SSSR count). The highest BCUT2D eigenvalue weighted by molar-refractivity contribution is 7.17. The minimum absolute atomic E-state index is 0.230. The topological polar surface area (TPSA) is 79.5 Å². The van der Waals surface area contributed by atoms with Crippen molar-refractivity contribution in [1.29, 1.82) is 0 Å². The van der Waals surface area contributed by atoms with E-state index in [1.54, 1.807) is 6.92 Å². The summed E-state index contributed by atoms with van der Waals surface area (Å²) in [5.74, 6) is 4.93. The molecular weight excluding hydrogens is 250 g/mol. The quantitative estimate of drug-likeness (QED) is 0.651. The van der Waals surface area contributed by atoms with Crippen molar-refractivity contribution in [3.05, 3.63) is 46.5 Å². The number of aromatic carboxylic acids is 1. The third-order valence-corrected chi connectivity index (χ3v) is 3.60. The predicted molar refractivity (Wildman–Crippen MR) is 70.6 cm³/mol. The number of rotatable bonds is 4. The maximum atomic E-state index is 10.9. The molecule has 1 aromatic carbocycles. The van der Waals surface area contributed by atoms with Crippen molar-refractivity contribution in [2.24, 2.45) is 5.84 Å². The largest absolute Gasteiger partial charge is 0.477 e. The monoisotopic (exact) mass is 263 g/mol. The van der Waals surface area contributed by atoms with Gasteiger partial charge in [-0.25, -0.2) is 15.6 Å². The molecule has 0 aliphatic carbocycles. The minimum Gasteiger partial charge on any atom is -0.477 e. The van der Waals surface area contributed by atoms with Crippen molar-refractivity contribution >= 4 is 22.4 Å². The van der Waals surface area contributed by atoms with Gasteiger partial charge in [-0.1, -0.05) is 41.7 Å². The fraction of sp³-hybridized carbons (Fsp3) is 0.167. The number of aromatic nitrogens is 1. The number of aryl methyl sites for hydroxylation is 1. The van der Waals surface area contributed by atoms with E-state index in [0.29, 0.717) is 17.4 Å². The molecule has 1 aromatic heterocycles. The molecule has 94 valence electrons. The first-order valence-corrected chi connectivity index (χ1v) is 6.16. The molecule has 0 amide bonds. The Hall–Kier alpha value is -1.92. The molecule has 0 spiro atoms. The van der Waals surface area contributed by atoms with Gasteiger partial charge in [0.15, 0.2) is 0 Å². The Bertz CT molecular complexity index is 554. The van der Waals surface area contributed by atoms with Crippen molar-refractivity contribution in [2.75, 3.05) is 5.01 Å². The van der Waals surface area contributed by atoms with Crippen molar-refractivity contribution in [1.82, 2.24) is 4.98 Å². The van der Waals surface area contributed by atoms with Gasteiger partial charge in [0, 0.05) is 0 Å². The fourth-order valence-corrected chi connectivity index (χ4v) is 2.38. The van der Waals surface area contributed by atoms with Gasteiger partial charge in [-0.3, -0.25) is 5.01 Å². The molecule has 0 saturated carbocycles. The van der Waals surface area contributed by atoms with Crippen LogP contribution in [-0.2, 0) is 6.54 Å². The zero-order chi connectivity index (χ0) is 13.1. The van der Waals surface area contributed by atoms with Crippen molar-refractivity contribution < 1.29 is 9.90 Å². The Morgan fingerprint density at radius 2 is 2.11 bits per heavy atom. The molecule has 0 unspecified atom stereocenters. The second-order valence-electron chi connectivity index (χ2n) is 3.83. The maximum Gasteiger partial charge on any atom is 0.347 e. The second kappa shape index (κ2) is 5.16. The lowest BCUT2D eigenvalue weighted by Gasteiger charge is -2.14. The summed E-state index contributed by atoms with van der Waals surface area (Å²) in [5.41, 5.74) is 1.54. The summed E-state index contributed by atoms with van der Waals surface area (Å²) in [6.45, 7) is 2.16. The molecule has 3 N–H and O–H groups in total. The molecule has 18 heavy (non-hydrogen) atoms. The van der Waals surface area contributed by atoms with Gasteiger partial charge in [0.05, 0.1) is 12.2 Å². The van der Waals surface area contributed by atoms with Crippen molar-refractivity contribution in [3.63, 3.8) is 0 Å². The molecule has 2 aromatic rings. The normalized spacial score (nSPS) is 10.3. The molecule has 6 heteroatoms. The Labute approximate surface area is 108 Å². The molecule has 5 nitrogen and oxygen atoms in total. The van der Waals surface area contributed by atoms with Crippen LogP contribution in [0, 0.1) is 6.92 Å². The van der Waals surface area contributed by atoms with Crippen LogP contribution in [0.3, 0.4) is 0 Å². The highest BCUT2D eigenvalue weighted by Crippen LogP contribution is 2.25. The lowest BCUT2D eigenvalue weighted by molar-refractivity contribution is 0.0701. The zero-order valence-corrected chi connectivity index (χ0v) is 10.6. The van der Waals surface area contributed by atoms with Gasteiger partial charge in [0.2, 0.25) is 5.13 Å². The van der Waals surface area contributed by atoms with Gasteiger partial charge in [-0.2, -0.15) is 0 Å². The summed E-state index contributed by atoms with van der Waals surface area (Å²) in [6.07, 6.45) is 0. The molecular formula is C12H13N3O2S. The summed E-state index contributed by atoms with van der Waals surface area (Å²) < 4.78 is 0. The first kappa shape index (κ1) is 12.5. The number of anilines is 1. The van der Waals surface area contributed by atoms with Gasteiger partial charge in [-0.05, 0) is 12.5 Å². The molecule has 0 fully saturated rings. The third-order valence-electron chi connectivity index (χ3n) is 2.42. The Kier molecular flexibility index (Phi) is 3.59. The van der Waals surface area contributed by atoms with E-state index in [-0.39, 0.29) is 4.88 Å². The first-order chi connectivity index (χ1) is 8.58. The molecule has 0 aliphatic rings.